The van der Waals surface area contributed by atoms with Crippen molar-refractivity contribution in [2.75, 3.05) is 44.7 Å². The molecule has 0 unspecified atom stereocenters. The number of anilines is 1. The number of methoxy groups -OCH3 is 1. The van der Waals surface area contributed by atoms with Crippen molar-refractivity contribution in [2.45, 2.75) is 38.6 Å². The number of fused-ring (bicyclic) bond motifs is 3. The van der Waals surface area contributed by atoms with Gasteiger partial charge in [-0.05, 0) is 55.5 Å². The van der Waals surface area contributed by atoms with E-state index in [0.29, 0.717) is 18.5 Å². The standard InChI is InChI=1S/C26H31N5O4S/c1-35-19-8-6-18(7-9-19)29-12-14-30(15-13-29)23(33)10-11-27-22(32)16-31-17-28-25-24(26(31)34)20-4-2-3-5-21(20)36-25/h6-9,17H,2-5,10-16H2,1H3,(H,27,32). The second kappa shape index (κ2) is 10.7. The minimum atomic E-state index is -0.292. The number of nitrogens with zero attached hydrogens (tertiary/aromatic N) is 4. The summed E-state index contributed by atoms with van der Waals surface area (Å²) in [6.45, 7) is 2.95. The second-order valence-corrected chi connectivity index (χ2v) is 10.3. The summed E-state index contributed by atoms with van der Waals surface area (Å²) in [5.74, 6) is 0.552. The molecule has 0 saturated carbocycles. The van der Waals surface area contributed by atoms with Gasteiger partial charge in [-0.25, -0.2) is 4.98 Å². The van der Waals surface area contributed by atoms with Crippen LogP contribution in [0.25, 0.3) is 10.2 Å². The van der Waals surface area contributed by atoms with Gasteiger partial charge in [0, 0.05) is 49.7 Å². The number of carbonyl (C=O) groups is 2. The number of hydrogen-bond donors (Lipinski definition) is 1. The SMILES string of the molecule is COc1ccc(N2CCN(C(=O)CCNC(=O)Cn3cnc4sc5c(c4c3=O)CCCC5)CC2)cc1. The molecule has 3 aromatic rings. The van der Waals surface area contributed by atoms with Gasteiger partial charge in [-0.15, -0.1) is 11.3 Å². The van der Waals surface area contributed by atoms with Gasteiger partial charge in [0.1, 0.15) is 17.1 Å². The predicted molar refractivity (Wildman–Crippen MR) is 140 cm³/mol. The van der Waals surface area contributed by atoms with Gasteiger partial charge < -0.3 is 19.9 Å². The minimum Gasteiger partial charge on any atom is -0.497 e. The van der Waals surface area contributed by atoms with Gasteiger partial charge in [0.25, 0.3) is 5.56 Å². The van der Waals surface area contributed by atoms with Crippen molar-refractivity contribution in [3.8, 4) is 5.75 Å². The highest BCUT2D eigenvalue weighted by atomic mass is 32.1. The van der Waals surface area contributed by atoms with Crippen molar-refractivity contribution in [1.82, 2.24) is 19.8 Å². The molecule has 1 aliphatic heterocycles. The van der Waals surface area contributed by atoms with Crippen molar-refractivity contribution >= 4 is 39.1 Å². The number of rotatable bonds is 7. The van der Waals surface area contributed by atoms with E-state index in [1.807, 2.05) is 29.2 Å². The molecule has 2 aliphatic rings. The van der Waals surface area contributed by atoms with Crippen LogP contribution in [0.3, 0.4) is 0 Å². The van der Waals surface area contributed by atoms with Crippen LogP contribution in [-0.2, 0) is 29.0 Å². The van der Waals surface area contributed by atoms with Crippen LogP contribution in [-0.4, -0.2) is 66.1 Å². The lowest BCUT2D eigenvalue weighted by Gasteiger charge is -2.36. The Hall–Kier alpha value is -3.40. The molecule has 1 aliphatic carbocycles. The van der Waals surface area contributed by atoms with E-state index in [1.165, 1.54) is 15.8 Å². The van der Waals surface area contributed by atoms with E-state index in [1.54, 1.807) is 18.4 Å². The zero-order valence-electron chi connectivity index (χ0n) is 20.5. The summed E-state index contributed by atoms with van der Waals surface area (Å²) in [5, 5.41) is 3.46. The molecule has 36 heavy (non-hydrogen) atoms. The van der Waals surface area contributed by atoms with E-state index in [4.69, 9.17) is 4.74 Å². The van der Waals surface area contributed by atoms with E-state index in [0.717, 1.165) is 60.6 Å². The third kappa shape index (κ3) is 5.09. The maximum atomic E-state index is 13.0. The first kappa shape index (κ1) is 24.3. The molecule has 2 aromatic heterocycles. The predicted octanol–water partition coefficient (Wildman–Crippen LogP) is 2.20. The second-order valence-electron chi connectivity index (χ2n) is 9.23. The number of benzene rings is 1. The Bertz CT molecular complexity index is 1310. The Balaban J connectivity index is 1.09. The van der Waals surface area contributed by atoms with Gasteiger partial charge in [0.2, 0.25) is 11.8 Å². The number of nitrogens with one attached hydrogen (secondary N) is 1. The quantitative estimate of drug-likeness (QED) is 0.525. The van der Waals surface area contributed by atoms with Crippen LogP contribution in [0, 0.1) is 0 Å². The topological polar surface area (TPSA) is 96.8 Å². The summed E-state index contributed by atoms with van der Waals surface area (Å²) in [5.41, 5.74) is 2.08. The van der Waals surface area contributed by atoms with Crippen molar-refractivity contribution in [3.63, 3.8) is 0 Å². The lowest BCUT2D eigenvalue weighted by molar-refractivity contribution is -0.131. The van der Waals surface area contributed by atoms with Crippen LogP contribution in [0.15, 0.2) is 35.4 Å². The maximum Gasteiger partial charge on any atom is 0.262 e. The molecule has 10 heteroatoms. The van der Waals surface area contributed by atoms with E-state index < -0.39 is 0 Å². The van der Waals surface area contributed by atoms with Crippen molar-refractivity contribution in [2.24, 2.45) is 0 Å². The molecule has 1 fully saturated rings. The monoisotopic (exact) mass is 509 g/mol. The Kier molecular flexibility index (Phi) is 7.22. The van der Waals surface area contributed by atoms with Crippen LogP contribution in [0.1, 0.15) is 29.7 Å². The molecule has 1 N–H and O–H groups in total. The fourth-order valence-corrected chi connectivity index (χ4v) is 6.20. The van der Waals surface area contributed by atoms with Gasteiger partial charge >= 0.3 is 0 Å². The first-order chi connectivity index (χ1) is 17.5. The molecule has 1 saturated heterocycles. The molecule has 1 aromatic carbocycles. The number of ether oxygens (including phenoxy) is 1. The molecule has 5 rings (SSSR count). The van der Waals surface area contributed by atoms with Gasteiger partial charge in [0.15, 0.2) is 0 Å². The maximum absolute atomic E-state index is 13.0. The van der Waals surface area contributed by atoms with E-state index in [2.05, 4.69) is 15.2 Å². The number of aryl methyl sites for hydroxylation is 2. The molecule has 9 nitrogen and oxygen atoms in total. The summed E-state index contributed by atoms with van der Waals surface area (Å²) in [6.07, 6.45) is 5.82. The summed E-state index contributed by atoms with van der Waals surface area (Å²) < 4.78 is 6.59. The number of amides is 2. The molecule has 190 valence electrons. The van der Waals surface area contributed by atoms with Crippen LogP contribution >= 0.6 is 11.3 Å². The third-order valence-corrected chi connectivity index (χ3v) is 8.19. The van der Waals surface area contributed by atoms with Crippen LogP contribution in [0.4, 0.5) is 5.69 Å². The van der Waals surface area contributed by atoms with Gasteiger partial charge in [-0.1, -0.05) is 0 Å². The molecule has 2 amide bonds. The van der Waals surface area contributed by atoms with Crippen LogP contribution in [0.2, 0.25) is 0 Å². The van der Waals surface area contributed by atoms with Crippen molar-refractivity contribution < 1.29 is 14.3 Å². The smallest absolute Gasteiger partial charge is 0.262 e. The summed E-state index contributed by atoms with van der Waals surface area (Å²) in [6, 6.07) is 7.92. The molecular weight excluding hydrogens is 478 g/mol. The molecule has 0 bridgehead atoms. The van der Waals surface area contributed by atoms with E-state index in [-0.39, 0.29) is 36.9 Å². The average molecular weight is 510 g/mol. The number of aromatic nitrogens is 2. The Morgan fingerprint density at radius 1 is 1.08 bits per heavy atom. The zero-order chi connectivity index (χ0) is 25.1. The van der Waals surface area contributed by atoms with Crippen molar-refractivity contribution in [3.05, 3.63) is 51.4 Å². The third-order valence-electron chi connectivity index (χ3n) is 6.99. The lowest BCUT2D eigenvalue weighted by Crippen LogP contribution is -2.49. The first-order valence-electron chi connectivity index (χ1n) is 12.5. The average Bonchev–Trinajstić information content (AvgIpc) is 3.30. The number of piperazine rings is 1. The number of hydrogen-bond acceptors (Lipinski definition) is 7. The molecular formula is C26H31N5O4S. The molecule has 0 atom stereocenters. The normalized spacial score (nSPS) is 15.6. The highest BCUT2D eigenvalue weighted by molar-refractivity contribution is 7.18. The molecule has 3 heterocycles. The van der Waals surface area contributed by atoms with Gasteiger partial charge in [-0.3, -0.25) is 19.0 Å². The fourth-order valence-electron chi connectivity index (χ4n) is 4.98. The fraction of sp³-hybridized carbons (Fsp3) is 0.462. The minimum absolute atomic E-state index is 0.0230. The Morgan fingerprint density at radius 2 is 1.83 bits per heavy atom. The van der Waals surface area contributed by atoms with Gasteiger partial charge in [0.05, 0.1) is 18.8 Å². The highest BCUT2D eigenvalue weighted by Crippen LogP contribution is 2.33. The summed E-state index contributed by atoms with van der Waals surface area (Å²) in [4.78, 5) is 48.7. The Labute approximate surface area is 213 Å². The summed E-state index contributed by atoms with van der Waals surface area (Å²) >= 11 is 1.60. The van der Waals surface area contributed by atoms with Gasteiger partial charge in [-0.2, -0.15) is 0 Å². The van der Waals surface area contributed by atoms with Crippen LogP contribution < -0.4 is 20.5 Å². The van der Waals surface area contributed by atoms with E-state index in [9.17, 15) is 14.4 Å². The van der Waals surface area contributed by atoms with E-state index >= 15 is 0 Å². The molecule has 0 spiro atoms. The highest BCUT2D eigenvalue weighted by Gasteiger charge is 2.22. The van der Waals surface area contributed by atoms with Crippen LogP contribution in [0.5, 0.6) is 5.75 Å². The van der Waals surface area contributed by atoms with Crippen molar-refractivity contribution in [1.29, 1.82) is 0 Å². The lowest BCUT2D eigenvalue weighted by atomic mass is 9.97. The molecule has 0 radical (unpaired) electrons. The zero-order valence-corrected chi connectivity index (χ0v) is 21.3. The Morgan fingerprint density at radius 3 is 2.58 bits per heavy atom. The summed E-state index contributed by atoms with van der Waals surface area (Å²) in [7, 11) is 1.65. The largest absolute Gasteiger partial charge is 0.497 e. The number of carbonyl (C=O) groups excluding carboxylic acids is 2. The number of thiophene rings is 1. The first-order valence-corrected chi connectivity index (χ1v) is 13.3.